The van der Waals surface area contributed by atoms with Crippen molar-refractivity contribution in [2.45, 2.75) is 18.9 Å². The van der Waals surface area contributed by atoms with Gasteiger partial charge in [-0.1, -0.05) is 78.9 Å². The monoisotopic (exact) mass is 455 g/mol. The van der Waals surface area contributed by atoms with Gasteiger partial charge in [-0.05, 0) is 24.1 Å². The molecule has 1 saturated heterocycles. The Hall–Kier alpha value is -2.01. The van der Waals surface area contributed by atoms with Crippen molar-refractivity contribution in [1.82, 2.24) is 0 Å². The average Bonchev–Trinajstić information content (AvgIpc) is 2.74. The molecule has 1 aliphatic rings. The Morgan fingerprint density at radius 2 is 1.62 bits per heavy atom. The van der Waals surface area contributed by atoms with E-state index < -0.39 is 11.5 Å². The van der Waals surface area contributed by atoms with Gasteiger partial charge < -0.3 is 26.6 Å². The summed E-state index contributed by atoms with van der Waals surface area (Å²) in [4.78, 5) is 13.1. The lowest BCUT2D eigenvalue weighted by Crippen LogP contribution is -3.00. The Bertz CT molecular complexity index is 850. The van der Waals surface area contributed by atoms with Crippen molar-refractivity contribution in [3.05, 3.63) is 83.9 Å². The summed E-state index contributed by atoms with van der Waals surface area (Å²) >= 11 is 0. The molecule has 29 heavy (non-hydrogen) atoms. The van der Waals surface area contributed by atoms with Crippen LogP contribution < -0.4 is 17.0 Å². The molecule has 0 saturated carbocycles. The molecule has 1 heterocycles. The number of carbonyl (C=O) groups excluding carboxylic acids is 1. The van der Waals surface area contributed by atoms with Gasteiger partial charge in [-0.2, -0.15) is 0 Å². The zero-order valence-corrected chi connectivity index (χ0v) is 18.8. The Kier molecular flexibility index (Phi) is 8.14. The minimum Gasteiger partial charge on any atom is -1.00 e. The Morgan fingerprint density at radius 3 is 2.17 bits per heavy atom. The molecule has 3 nitrogen and oxygen atoms in total. The number of ketones is 1. The number of benzene rings is 2. The minimum atomic E-state index is -1.12. The van der Waals surface area contributed by atoms with E-state index in [1.807, 2.05) is 78.9 Å². The van der Waals surface area contributed by atoms with Crippen LogP contribution in [0.3, 0.4) is 0 Å². The van der Waals surface area contributed by atoms with E-state index in [1.54, 1.807) is 6.08 Å². The molecule has 4 heteroatoms. The molecular weight excluding hydrogens is 426 g/mol. The van der Waals surface area contributed by atoms with E-state index in [-0.39, 0.29) is 22.8 Å². The molecule has 154 valence electrons. The number of rotatable bonds is 6. The highest BCUT2D eigenvalue weighted by Gasteiger charge is 2.48. The molecule has 0 amide bonds. The average molecular weight is 456 g/mol. The van der Waals surface area contributed by atoms with Crippen LogP contribution in [0.4, 0.5) is 0 Å². The second-order valence-electron chi connectivity index (χ2n) is 8.03. The van der Waals surface area contributed by atoms with Gasteiger partial charge >= 0.3 is 0 Å². The molecular formula is C25H30BrNO2. The van der Waals surface area contributed by atoms with E-state index >= 15 is 0 Å². The molecule has 0 aromatic heterocycles. The fourth-order valence-corrected chi connectivity index (χ4v) is 3.80. The Balaban J connectivity index is 0.00000300. The third kappa shape index (κ3) is 5.99. The molecule has 2 aromatic carbocycles. The summed E-state index contributed by atoms with van der Waals surface area (Å²) in [5.74, 6) is -0.465. The number of quaternary nitrogens is 1. The lowest BCUT2D eigenvalue weighted by atomic mass is 9.76. The molecule has 3 rings (SSSR count). The van der Waals surface area contributed by atoms with Crippen molar-refractivity contribution in [3.8, 4) is 0 Å². The maximum atomic E-state index is 13.1. The fourth-order valence-electron chi connectivity index (χ4n) is 3.80. The van der Waals surface area contributed by atoms with Crippen molar-refractivity contribution >= 4 is 17.9 Å². The molecule has 1 N–H and O–H groups in total. The quantitative estimate of drug-likeness (QED) is 0.524. The maximum absolute atomic E-state index is 13.1. The SMILES string of the molecule is CC[N+]1(C)CCC(O)(/C=C/c2ccccc2)C(C(=O)/C=C/c2ccccc2)C1.[Br-]. The van der Waals surface area contributed by atoms with Crippen LogP contribution in [-0.2, 0) is 4.79 Å². The lowest BCUT2D eigenvalue weighted by Gasteiger charge is -2.46. The normalized spacial score (nSPS) is 27.1. The van der Waals surface area contributed by atoms with Crippen LogP contribution in [0.1, 0.15) is 24.5 Å². The van der Waals surface area contributed by atoms with Crippen molar-refractivity contribution in [2.24, 2.45) is 5.92 Å². The summed E-state index contributed by atoms with van der Waals surface area (Å²) in [6.45, 7) is 4.60. The number of likely N-dealkylation sites (tertiary alicyclic amines) is 1. The van der Waals surface area contributed by atoms with E-state index in [2.05, 4.69) is 14.0 Å². The van der Waals surface area contributed by atoms with Crippen molar-refractivity contribution in [3.63, 3.8) is 0 Å². The predicted molar refractivity (Wildman–Crippen MR) is 115 cm³/mol. The number of piperidine rings is 1. The largest absolute Gasteiger partial charge is 1.00 e. The summed E-state index contributed by atoms with van der Waals surface area (Å²) in [6.07, 6.45) is 7.82. The van der Waals surface area contributed by atoms with Gasteiger partial charge in [-0.15, -0.1) is 0 Å². The molecule has 0 spiro atoms. The molecule has 1 fully saturated rings. The number of nitrogens with zero attached hydrogens (tertiary/aromatic N) is 1. The molecule has 1 aliphatic heterocycles. The number of hydrogen-bond acceptors (Lipinski definition) is 2. The van der Waals surface area contributed by atoms with E-state index in [0.29, 0.717) is 13.0 Å². The maximum Gasteiger partial charge on any atom is 0.167 e. The molecule has 3 atom stereocenters. The van der Waals surface area contributed by atoms with Crippen LogP contribution in [0.25, 0.3) is 12.2 Å². The van der Waals surface area contributed by atoms with Gasteiger partial charge in [0.25, 0.3) is 0 Å². The first-order valence-corrected chi connectivity index (χ1v) is 10.0. The van der Waals surface area contributed by atoms with Crippen LogP contribution in [0, 0.1) is 5.92 Å². The van der Waals surface area contributed by atoms with Gasteiger partial charge in [0.05, 0.1) is 26.7 Å². The third-order valence-corrected chi connectivity index (χ3v) is 5.99. The fraction of sp³-hybridized carbons (Fsp3) is 0.320. The highest BCUT2D eigenvalue weighted by atomic mass is 79.9. The van der Waals surface area contributed by atoms with Gasteiger partial charge in [0.2, 0.25) is 0 Å². The molecule has 0 radical (unpaired) electrons. The van der Waals surface area contributed by atoms with Crippen molar-refractivity contribution in [1.29, 1.82) is 0 Å². The van der Waals surface area contributed by atoms with Gasteiger partial charge in [0.1, 0.15) is 11.5 Å². The minimum absolute atomic E-state index is 0. The second kappa shape index (κ2) is 10.1. The number of aliphatic hydroxyl groups is 1. The first-order valence-electron chi connectivity index (χ1n) is 10.0. The van der Waals surface area contributed by atoms with Gasteiger partial charge in [0, 0.05) is 6.42 Å². The molecule has 0 aliphatic carbocycles. The zero-order valence-electron chi connectivity index (χ0n) is 17.2. The van der Waals surface area contributed by atoms with Crippen LogP contribution in [0.15, 0.2) is 72.8 Å². The first kappa shape index (κ1) is 23.3. The highest BCUT2D eigenvalue weighted by molar-refractivity contribution is 5.96. The summed E-state index contributed by atoms with van der Waals surface area (Å²) in [6, 6.07) is 19.7. The van der Waals surface area contributed by atoms with Crippen LogP contribution in [0.2, 0.25) is 0 Å². The standard InChI is InChI=1S/C25H30NO2.BrH/c1-3-26(2)19-18-25(28,17-16-22-12-8-5-9-13-22)23(20-26)24(27)15-14-21-10-6-4-7-11-21;/h4-17,23,28H,3,18-20H2,1-2H3;1H/q+1;/p-1/b15-14+,17-16+;. The topological polar surface area (TPSA) is 37.3 Å². The number of halogens is 1. The summed E-state index contributed by atoms with van der Waals surface area (Å²) in [7, 11) is 2.17. The highest BCUT2D eigenvalue weighted by Crippen LogP contribution is 2.34. The predicted octanol–water partition coefficient (Wildman–Crippen LogP) is 1.20. The summed E-state index contributed by atoms with van der Waals surface area (Å²) in [5, 5.41) is 11.4. The molecule has 0 bridgehead atoms. The van der Waals surface area contributed by atoms with Crippen molar-refractivity contribution in [2.75, 3.05) is 26.7 Å². The van der Waals surface area contributed by atoms with Crippen molar-refractivity contribution < 1.29 is 31.4 Å². The van der Waals surface area contributed by atoms with Gasteiger partial charge in [0.15, 0.2) is 5.78 Å². The smallest absolute Gasteiger partial charge is 0.167 e. The zero-order chi connectivity index (χ0) is 20.0. The number of carbonyl (C=O) groups is 1. The van der Waals surface area contributed by atoms with E-state index in [0.717, 1.165) is 28.7 Å². The molecule has 3 unspecified atom stereocenters. The second-order valence-corrected chi connectivity index (χ2v) is 8.03. The lowest BCUT2D eigenvalue weighted by molar-refractivity contribution is -0.916. The van der Waals surface area contributed by atoms with E-state index in [4.69, 9.17) is 0 Å². The number of allylic oxidation sites excluding steroid dienone is 1. The van der Waals surface area contributed by atoms with E-state index in [9.17, 15) is 9.90 Å². The van der Waals surface area contributed by atoms with Crippen LogP contribution in [-0.4, -0.2) is 47.7 Å². The van der Waals surface area contributed by atoms with Crippen LogP contribution >= 0.6 is 0 Å². The van der Waals surface area contributed by atoms with Crippen LogP contribution in [0.5, 0.6) is 0 Å². The Labute approximate surface area is 184 Å². The van der Waals surface area contributed by atoms with Gasteiger partial charge in [-0.3, -0.25) is 4.79 Å². The molecule has 2 aromatic rings. The number of hydrogen-bond donors (Lipinski definition) is 1. The first-order chi connectivity index (χ1) is 13.4. The summed E-state index contributed by atoms with van der Waals surface area (Å²) in [5.41, 5.74) is 0.893. The Morgan fingerprint density at radius 1 is 1.07 bits per heavy atom. The van der Waals surface area contributed by atoms with Gasteiger partial charge in [-0.25, -0.2) is 0 Å². The van der Waals surface area contributed by atoms with E-state index in [1.165, 1.54) is 0 Å². The summed E-state index contributed by atoms with van der Waals surface area (Å²) < 4.78 is 0.803. The third-order valence-electron chi connectivity index (χ3n) is 5.99.